The third kappa shape index (κ3) is 4.65. The number of rotatable bonds is 7. The number of nitrogens with one attached hydrogen (secondary N) is 2. The first-order valence-corrected chi connectivity index (χ1v) is 9.34. The number of benzene rings is 2. The number of aryl methyl sites for hydroxylation is 2. The Morgan fingerprint density at radius 2 is 1.71 bits per heavy atom. The van der Waals surface area contributed by atoms with Crippen molar-refractivity contribution in [3.8, 4) is 5.75 Å². The van der Waals surface area contributed by atoms with Crippen molar-refractivity contribution in [3.05, 3.63) is 71.7 Å². The molecule has 6 heteroatoms. The Morgan fingerprint density at radius 3 is 2.46 bits per heavy atom. The molecule has 6 nitrogen and oxygen atoms in total. The zero-order chi connectivity index (χ0) is 19.9. The molecule has 28 heavy (non-hydrogen) atoms. The van der Waals surface area contributed by atoms with Gasteiger partial charge in [0, 0.05) is 11.8 Å². The molecular formula is C22H24N4O2. The Hall–Kier alpha value is -3.41. The van der Waals surface area contributed by atoms with Crippen molar-refractivity contribution in [2.75, 3.05) is 17.2 Å². The maximum atomic E-state index is 12.8. The zero-order valence-electron chi connectivity index (χ0n) is 16.3. The van der Waals surface area contributed by atoms with Gasteiger partial charge in [0.2, 0.25) is 0 Å². The lowest BCUT2D eigenvalue weighted by Crippen LogP contribution is -2.16. The molecule has 0 fully saturated rings. The second-order valence-electron chi connectivity index (χ2n) is 6.20. The number of aromatic nitrogens is 2. The van der Waals surface area contributed by atoms with Crippen LogP contribution in [0.5, 0.6) is 5.75 Å². The minimum Gasteiger partial charge on any atom is -0.492 e. The lowest BCUT2D eigenvalue weighted by molar-refractivity contribution is 0.102. The van der Waals surface area contributed by atoms with Crippen LogP contribution in [0.1, 0.15) is 35.7 Å². The quantitative estimate of drug-likeness (QED) is 0.623. The maximum absolute atomic E-state index is 12.8. The number of nitrogens with zero attached hydrogens (tertiary/aromatic N) is 2. The van der Waals surface area contributed by atoms with E-state index in [1.165, 1.54) is 5.56 Å². The first-order chi connectivity index (χ1) is 13.6. The molecule has 144 valence electrons. The zero-order valence-corrected chi connectivity index (χ0v) is 16.3. The third-order valence-corrected chi connectivity index (χ3v) is 4.17. The SMILES string of the molecule is CCOc1ccccc1NC(=O)c1cc(Nc2ccccc2CC)nc(C)n1. The second kappa shape index (κ2) is 8.99. The fraction of sp³-hybridized carbons (Fsp3) is 0.227. The summed E-state index contributed by atoms with van der Waals surface area (Å²) < 4.78 is 5.57. The van der Waals surface area contributed by atoms with E-state index in [0.29, 0.717) is 29.7 Å². The number of anilines is 3. The molecule has 0 atom stereocenters. The first kappa shape index (κ1) is 19.4. The lowest BCUT2D eigenvalue weighted by Gasteiger charge is -2.13. The molecule has 0 aliphatic heterocycles. The number of hydrogen-bond donors (Lipinski definition) is 2. The first-order valence-electron chi connectivity index (χ1n) is 9.34. The molecule has 2 aromatic carbocycles. The number of hydrogen-bond acceptors (Lipinski definition) is 5. The lowest BCUT2D eigenvalue weighted by atomic mass is 10.1. The summed E-state index contributed by atoms with van der Waals surface area (Å²) in [5.74, 6) is 1.41. The average molecular weight is 376 g/mol. The van der Waals surface area contributed by atoms with Gasteiger partial charge in [0.05, 0.1) is 12.3 Å². The van der Waals surface area contributed by atoms with Gasteiger partial charge in [-0.05, 0) is 44.0 Å². The van der Waals surface area contributed by atoms with Gasteiger partial charge in [0.1, 0.15) is 23.1 Å². The smallest absolute Gasteiger partial charge is 0.274 e. The van der Waals surface area contributed by atoms with E-state index in [2.05, 4.69) is 33.6 Å². The van der Waals surface area contributed by atoms with Crippen molar-refractivity contribution in [3.63, 3.8) is 0 Å². The summed E-state index contributed by atoms with van der Waals surface area (Å²) in [4.78, 5) is 21.5. The van der Waals surface area contributed by atoms with Crippen LogP contribution in [0, 0.1) is 6.92 Å². The maximum Gasteiger partial charge on any atom is 0.274 e. The molecule has 0 bridgehead atoms. The summed E-state index contributed by atoms with van der Waals surface area (Å²) in [6.07, 6.45) is 0.898. The van der Waals surface area contributed by atoms with Gasteiger partial charge in [-0.2, -0.15) is 0 Å². The summed E-state index contributed by atoms with van der Waals surface area (Å²) in [6.45, 7) is 6.28. The molecule has 0 spiro atoms. The second-order valence-corrected chi connectivity index (χ2v) is 6.20. The van der Waals surface area contributed by atoms with E-state index in [0.717, 1.165) is 12.1 Å². The fourth-order valence-corrected chi connectivity index (χ4v) is 2.87. The van der Waals surface area contributed by atoms with E-state index in [4.69, 9.17) is 4.74 Å². The molecule has 1 heterocycles. The van der Waals surface area contributed by atoms with Crippen molar-refractivity contribution >= 4 is 23.1 Å². The summed E-state index contributed by atoms with van der Waals surface area (Å²) in [7, 11) is 0. The van der Waals surface area contributed by atoms with Crippen molar-refractivity contribution in [1.82, 2.24) is 9.97 Å². The van der Waals surface area contributed by atoms with Crippen molar-refractivity contribution in [2.24, 2.45) is 0 Å². The van der Waals surface area contributed by atoms with Crippen LogP contribution in [0.2, 0.25) is 0 Å². The highest BCUT2D eigenvalue weighted by molar-refractivity contribution is 6.04. The Morgan fingerprint density at radius 1 is 1.00 bits per heavy atom. The van der Waals surface area contributed by atoms with Gasteiger partial charge in [0.25, 0.3) is 5.91 Å². The van der Waals surface area contributed by atoms with Crippen LogP contribution in [0.4, 0.5) is 17.2 Å². The molecule has 0 unspecified atom stereocenters. The van der Waals surface area contributed by atoms with E-state index in [1.807, 2.05) is 43.3 Å². The minimum absolute atomic E-state index is 0.287. The highest BCUT2D eigenvalue weighted by Gasteiger charge is 2.14. The normalized spacial score (nSPS) is 10.4. The summed E-state index contributed by atoms with van der Waals surface area (Å²) in [5, 5.41) is 6.17. The highest BCUT2D eigenvalue weighted by atomic mass is 16.5. The van der Waals surface area contributed by atoms with Gasteiger partial charge in [-0.15, -0.1) is 0 Å². The van der Waals surface area contributed by atoms with Crippen LogP contribution in [0.25, 0.3) is 0 Å². The number of para-hydroxylation sites is 3. The summed E-state index contributed by atoms with van der Waals surface area (Å²) >= 11 is 0. The Labute approximate surface area is 165 Å². The average Bonchev–Trinajstić information content (AvgIpc) is 2.69. The Kier molecular flexibility index (Phi) is 6.22. The predicted octanol–water partition coefficient (Wildman–Crippen LogP) is 4.74. The number of carbonyl (C=O) groups excluding carboxylic acids is 1. The van der Waals surface area contributed by atoms with Gasteiger partial charge in [-0.3, -0.25) is 4.79 Å². The van der Waals surface area contributed by atoms with Crippen molar-refractivity contribution in [2.45, 2.75) is 27.2 Å². The van der Waals surface area contributed by atoms with E-state index < -0.39 is 0 Å². The molecule has 1 amide bonds. The van der Waals surface area contributed by atoms with E-state index >= 15 is 0 Å². The number of carbonyl (C=O) groups is 1. The third-order valence-electron chi connectivity index (χ3n) is 4.17. The molecule has 3 rings (SSSR count). The largest absolute Gasteiger partial charge is 0.492 e. The minimum atomic E-state index is -0.315. The van der Waals surface area contributed by atoms with Crippen LogP contribution in [0.15, 0.2) is 54.6 Å². The number of ether oxygens (including phenoxy) is 1. The van der Waals surface area contributed by atoms with Gasteiger partial charge < -0.3 is 15.4 Å². The highest BCUT2D eigenvalue weighted by Crippen LogP contribution is 2.25. The summed E-state index contributed by atoms with van der Waals surface area (Å²) in [6, 6.07) is 17.0. The molecule has 0 saturated carbocycles. The fourth-order valence-electron chi connectivity index (χ4n) is 2.87. The van der Waals surface area contributed by atoms with Gasteiger partial charge >= 0.3 is 0 Å². The van der Waals surface area contributed by atoms with Gasteiger partial charge in [-0.25, -0.2) is 9.97 Å². The molecule has 0 aliphatic rings. The van der Waals surface area contributed by atoms with Crippen LogP contribution in [0.3, 0.4) is 0 Å². The predicted molar refractivity (Wildman–Crippen MR) is 111 cm³/mol. The van der Waals surface area contributed by atoms with Crippen molar-refractivity contribution < 1.29 is 9.53 Å². The monoisotopic (exact) mass is 376 g/mol. The van der Waals surface area contributed by atoms with Crippen molar-refractivity contribution in [1.29, 1.82) is 0 Å². The standard InChI is InChI=1S/C22H24N4O2/c1-4-16-10-6-7-11-17(16)25-21-14-19(23-15(3)24-21)22(27)26-18-12-8-9-13-20(18)28-5-2/h6-14H,4-5H2,1-3H3,(H,26,27)(H,23,24,25). The van der Waals surface area contributed by atoms with Gasteiger partial charge in [0.15, 0.2) is 0 Å². The molecule has 0 radical (unpaired) electrons. The van der Waals surface area contributed by atoms with E-state index in [9.17, 15) is 4.79 Å². The molecule has 0 aliphatic carbocycles. The topological polar surface area (TPSA) is 76.1 Å². The van der Waals surface area contributed by atoms with Crippen LogP contribution in [-0.4, -0.2) is 22.5 Å². The van der Waals surface area contributed by atoms with Crippen LogP contribution in [-0.2, 0) is 6.42 Å². The Bertz CT molecular complexity index is 972. The molecule has 1 aromatic heterocycles. The Balaban J connectivity index is 1.84. The number of amides is 1. The van der Waals surface area contributed by atoms with E-state index in [1.54, 1.807) is 19.1 Å². The summed E-state index contributed by atoms with van der Waals surface area (Å²) in [5.41, 5.74) is 3.04. The molecule has 2 N–H and O–H groups in total. The van der Waals surface area contributed by atoms with E-state index in [-0.39, 0.29) is 11.6 Å². The van der Waals surface area contributed by atoms with Crippen LogP contribution >= 0.6 is 0 Å². The molecular weight excluding hydrogens is 352 g/mol. The molecule has 0 saturated heterocycles. The van der Waals surface area contributed by atoms with Gasteiger partial charge in [-0.1, -0.05) is 37.3 Å². The van der Waals surface area contributed by atoms with Crippen LogP contribution < -0.4 is 15.4 Å². The molecule has 3 aromatic rings.